The van der Waals surface area contributed by atoms with Gasteiger partial charge in [-0.3, -0.25) is 0 Å². The van der Waals surface area contributed by atoms with Gasteiger partial charge in [-0.1, -0.05) is 24.3 Å². The summed E-state index contributed by atoms with van der Waals surface area (Å²) in [6.45, 7) is 2.70. The quantitative estimate of drug-likeness (QED) is 0.818. The van der Waals surface area contributed by atoms with Crippen LogP contribution in [0.25, 0.3) is 0 Å². The van der Waals surface area contributed by atoms with Crippen LogP contribution < -0.4 is 10.1 Å². The highest BCUT2D eigenvalue weighted by Crippen LogP contribution is 2.16. The summed E-state index contributed by atoms with van der Waals surface area (Å²) in [5, 5.41) is 12.5. The number of phenols is 1. The number of hydrogen-bond donors (Lipinski definition) is 2. The average molecular weight is 285 g/mol. The van der Waals surface area contributed by atoms with Crippen LogP contribution in [0.1, 0.15) is 24.5 Å². The maximum Gasteiger partial charge on any atom is 0.119 e. The van der Waals surface area contributed by atoms with Gasteiger partial charge in [0, 0.05) is 6.04 Å². The zero-order chi connectivity index (χ0) is 15.1. The van der Waals surface area contributed by atoms with E-state index in [-0.39, 0.29) is 5.75 Å². The first-order valence-electron chi connectivity index (χ1n) is 7.34. The topological polar surface area (TPSA) is 41.5 Å². The summed E-state index contributed by atoms with van der Waals surface area (Å²) >= 11 is 0. The first-order valence-corrected chi connectivity index (χ1v) is 7.34. The summed E-state index contributed by atoms with van der Waals surface area (Å²) in [7, 11) is 1.99. The molecule has 2 aromatic carbocycles. The molecule has 2 N–H and O–H groups in total. The lowest BCUT2D eigenvalue weighted by molar-refractivity contribution is 0.306. The summed E-state index contributed by atoms with van der Waals surface area (Å²) in [6, 6.07) is 15.9. The lowest BCUT2D eigenvalue weighted by Crippen LogP contribution is -2.21. The molecule has 0 amide bonds. The van der Waals surface area contributed by atoms with Crippen LogP contribution in [-0.4, -0.2) is 18.2 Å². The molecule has 3 heteroatoms. The standard InChI is InChI=1S/C18H23NO2/c1-14(19-2)3-4-15-7-11-18(12-8-15)21-13-16-5-9-17(20)10-6-16/h5-12,14,19-20H,3-4,13H2,1-2H3. The fraction of sp³-hybridized carbons (Fsp3) is 0.333. The van der Waals surface area contributed by atoms with Gasteiger partial charge in [0.2, 0.25) is 0 Å². The van der Waals surface area contributed by atoms with Crippen molar-refractivity contribution in [3.63, 3.8) is 0 Å². The van der Waals surface area contributed by atoms with Crippen molar-refractivity contribution < 1.29 is 9.84 Å². The first kappa shape index (κ1) is 15.4. The normalized spacial score (nSPS) is 12.1. The fourth-order valence-corrected chi connectivity index (χ4v) is 2.04. The Balaban J connectivity index is 1.83. The molecule has 112 valence electrons. The molecule has 1 unspecified atom stereocenters. The molecule has 0 aliphatic rings. The van der Waals surface area contributed by atoms with Crippen molar-refractivity contribution in [3.05, 3.63) is 59.7 Å². The van der Waals surface area contributed by atoms with E-state index in [9.17, 15) is 5.11 Å². The lowest BCUT2D eigenvalue weighted by Gasteiger charge is -2.10. The molecule has 21 heavy (non-hydrogen) atoms. The molecule has 0 heterocycles. The maximum atomic E-state index is 9.23. The van der Waals surface area contributed by atoms with Crippen molar-refractivity contribution in [3.8, 4) is 11.5 Å². The number of phenolic OH excluding ortho intramolecular Hbond substituents is 1. The van der Waals surface area contributed by atoms with Gasteiger partial charge in [-0.25, -0.2) is 0 Å². The Morgan fingerprint density at radius 1 is 1.00 bits per heavy atom. The molecule has 0 fully saturated rings. The smallest absolute Gasteiger partial charge is 0.119 e. The molecule has 0 saturated carbocycles. The van der Waals surface area contributed by atoms with Crippen LogP contribution >= 0.6 is 0 Å². The average Bonchev–Trinajstić information content (AvgIpc) is 2.53. The number of nitrogens with one attached hydrogen (secondary N) is 1. The summed E-state index contributed by atoms with van der Waals surface area (Å²) in [6.07, 6.45) is 2.20. The highest BCUT2D eigenvalue weighted by molar-refractivity contribution is 5.29. The van der Waals surface area contributed by atoms with Gasteiger partial charge in [-0.15, -0.1) is 0 Å². The molecule has 0 aliphatic carbocycles. The van der Waals surface area contributed by atoms with Crippen molar-refractivity contribution in [2.45, 2.75) is 32.4 Å². The van der Waals surface area contributed by atoms with Crippen LogP contribution in [0.4, 0.5) is 0 Å². The summed E-state index contributed by atoms with van der Waals surface area (Å²) in [4.78, 5) is 0. The van der Waals surface area contributed by atoms with E-state index in [0.29, 0.717) is 12.6 Å². The maximum absolute atomic E-state index is 9.23. The third kappa shape index (κ3) is 5.12. The Hall–Kier alpha value is -2.00. The van der Waals surface area contributed by atoms with Gasteiger partial charge in [0.1, 0.15) is 18.1 Å². The van der Waals surface area contributed by atoms with Crippen molar-refractivity contribution in [1.29, 1.82) is 0 Å². The number of hydrogen-bond acceptors (Lipinski definition) is 3. The van der Waals surface area contributed by atoms with E-state index in [2.05, 4.69) is 24.4 Å². The minimum absolute atomic E-state index is 0.277. The van der Waals surface area contributed by atoms with Crippen molar-refractivity contribution >= 4 is 0 Å². The molecule has 0 spiro atoms. The van der Waals surface area contributed by atoms with Crippen LogP contribution in [-0.2, 0) is 13.0 Å². The Labute approximate surface area is 126 Å². The zero-order valence-electron chi connectivity index (χ0n) is 12.7. The lowest BCUT2D eigenvalue weighted by atomic mass is 10.1. The van der Waals surface area contributed by atoms with Gasteiger partial charge >= 0.3 is 0 Å². The highest BCUT2D eigenvalue weighted by Gasteiger charge is 2.01. The minimum Gasteiger partial charge on any atom is -0.508 e. The molecule has 0 saturated heterocycles. The van der Waals surface area contributed by atoms with E-state index in [1.165, 1.54) is 5.56 Å². The number of benzene rings is 2. The molecule has 1 atom stereocenters. The summed E-state index contributed by atoms with van der Waals surface area (Å²) < 4.78 is 5.74. The Bertz CT molecular complexity index is 534. The second-order valence-electron chi connectivity index (χ2n) is 5.33. The second-order valence-corrected chi connectivity index (χ2v) is 5.33. The van der Waals surface area contributed by atoms with E-state index >= 15 is 0 Å². The molecular weight excluding hydrogens is 262 g/mol. The summed E-state index contributed by atoms with van der Waals surface area (Å²) in [5.74, 6) is 1.15. The van der Waals surface area contributed by atoms with Gasteiger partial charge in [0.25, 0.3) is 0 Å². The van der Waals surface area contributed by atoms with Crippen molar-refractivity contribution in [2.75, 3.05) is 7.05 Å². The highest BCUT2D eigenvalue weighted by atomic mass is 16.5. The predicted octanol–water partition coefficient (Wildman–Crippen LogP) is 3.51. The minimum atomic E-state index is 0.277. The Kier molecular flexibility index (Phi) is 5.64. The zero-order valence-corrected chi connectivity index (χ0v) is 12.7. The van der Waals surface area contributed by atoms with E-state index < -0.39 is 0 Å². The van der Waals surface area contributed by atoms with Crippen LogP contribution in [0.15, 0.2) is 48.5 Å². The van der Waals surface area contributed by atoms with Crippen molar-refractivity contribution in [1.82, 2.24) is 5.32 Å². The van der Waals surface area contributed by atoms with Crippen molar-refractivity contribution in [2.24, 2.45) is 0 Å². The van der Waals surface area contributed by atoms with Gasteiger partial charge < -0.3 is 15.2 Å². The third-order valence-corrected chi connectivity index (χ3v) is 3.62. The van der Waals surface area contributed by atoms with Crippen LogP contribution in [0.5, 0.6) is 11.5 Å². The number of ether oxygens (including phenoxy) is 1. The SMILES string of the molecule is CNC(C)CCc1ccc(OCc2ccc(O)cc2)cc1. The molecule has 2 rings (SSSR count). The second kappa shape index (κ2) is 7.70. The molecule has 2 aromatic rings. The Morgan fingerprint density at radius 2 is 1.62 bits per heavy atom. The molecule has 0 radical (unpaired) electrons. The van der Waals surface area contributed by atoms with E-state index in [4.69, 9.17) is 4.74 Å². The molecule has 0 aromatic heterocycles. The number of aryl methyl sites for hydroxylation is 1. The molecule has 3 nitrogen and oxygen atoms in total. The van der Waals surface area contributed by atoms with E-state index in [0.717, 1.165) is 24.2 Å². The van der Waals surface area contributed by atoms with Gasteiger partial charge in [0.15, 0.2) is 0 Å². The molecule has 0 aliphatic heterocycles. The van der Waals surface area contributed by atoms with Gasteiger partial charge in [-0.2, -0.15) is 0 Å². The van der Waals surface area contributed by atoms with Crippen LogP contribution in [0, 0.1) is 0 Å². The number of rotatable bonds is 7. The van der Waals surface area contributed by atoms with E-state index in [1.54, 1.807) is 12.1 Å². The molecular formula is C18H23NO2. The predicted molar refractivity (Wildman–Crippen MR) is 85.7 cm³/mol. The van der Waals surface area contributed by atoms with Crippen LogP contribution in [0.2, 0.25) is 0 Å². The largest absolute Gasteiger partial charge is 0.508 e. The monoisotopic (exact) mass is 285 g/mol. The first-order chi connectivity index (χ1) is 10.2. The summed E-state index contributed by atoms with van der Waals surface area (Å²) in [5.41, 5.74) is 2.37. The molecule has 0 bridgehead atoms. The van der Waals surface area contributed by atoms with Crippen LogP contribution in [0.3, 0.4) is 0 Å². The fourth-order valence-electron chi connectivity index (χ4n) is 2.04. The van der Waals surface area contributed by atoms with Gasteiger partial charge in [0.05, 0.1) is 0 Å². The Morgan fingerprint density at radius 3 is 2.24 bits per heavy atom. The van der Waals surface area contributed by atoms with Gasteiger partial charge in [-0.05, 0) is 62.2 Å². The van der Waals surface area contributed by atoms with E-state index in [1.807, 2.05) is 31.3 Å². The number of aromatic hydroxyl groups is 1. The third-order valence-electron chi connectivity index (χ3n) is 3.62.